The van der Waals surface area contributed by atoms with Crippen molar-refractivity contribution in [1.29, 1.82) is 5.26 Å². The van der Waals surface area contributed by atoms with Gasteiger partial charge in [-0.2, -0.15) is 5.26 Å². The van der Waals surface area contributed by atoms with Crippen LogP contribution in [0.25, 0.3) is 0 Å². The van der Waals surface area contributed by atoms with E-state index in [1.165, 1.54) is 0 Å². The number of nitriles is 1. The van der Waals surface area contributed by atoms with Crippen molar-refractivity contribution in [2.45, 2.75) is 6.04 Å². The molecule has 5 nitrogen and oxygen atoms in total. The highest BCUT2D eigenvalue weighted by Crippen LogP contribution is 2.28. The van der Waals surface area contributed by atoms with Crippen molar-refractivity contribution >= 4 is 29.0 Å². The number of hydrogen-bond donors (Lipinski definition) is 1. The first kappa shape index (κ1) is 18.0. The first-order chi connectivity index (χ1) is 12.2. The topological polar surface area (TPSA) is 61.2 Å². The van der Waals surface area contributed by atoms with Gasteiger partial charge in [-0.3, -0.25) is 4.90 Å². The third-order valence-corrected chi connectivity index (χ3v) is 4.83. The summed E-state index contributed by atoms with van der Waals surface area (Å²) < 4.78 is 5.46. The summed E-state index contributed by atoms with van der Waals surface area (Å²) in [5, 5.41) is 13.5. The van der Waals surface area contributed by atoms with Crippen molar-refractivity contribution < 1.29 is 4.74 Å². The van der Waals surface area contributed by atoms with Crippen LogP contribution in [-0.4, -0.2) is 42.7 Å². The number of halogens is 2. The Balaban J connectivity index is 1.80. The van der Waals surface area contributed by atoms with Gasteiger partial charge in [0, 0.05) is 24.7 Å². The normalized spacial score (nSPS) is 16.2. The van der Waals surface area contributed by atoms with Crippen LogP contribution in [0.4, 0.5) is 5.82 Å². The van der Waals surface area contributed by atoms with Crippen LogP contribution < -0.4 is 5.32 Å². The standard InChI is InChI=1S/C18H18Cl2N4O/c19-14-4-2-1-3-13(14)17(24-7-9-25-10-8-24)12-22-18-6-5-15(20)16(11-21)23-18/h1-6,17H,7-10,12H2,(H,22,23). The van der Waals surface area contributed by atoms with Crippen molar-refractivity contribution in [3.05, 3.63) is 57.7 Å². The van der Waals surface area contributed by atoms with E-state index in [-0.39, 0.29) is 11.7 Å². The van der Waals surface area contributed by atoms with Gasteiger partial charge in [0.2, 0.25) is 0 Å². The lowest BCUT2D eigenvalue weighted by molar-refractivity contribution is 0.0187. The second-order valence-corrected chi connectivity index (χ2v) is 6.52. The van der Waals surface area contributed by atoms with Crippen molar-refractivity contribution in [3.63, 3.8) is 0 Å². The Hall–Kier alpha value is -1.84. The van der Waals surface area contributed by atoms with E-state index < -0.39 is 0 Å². The van der Waals surface area contributed by atoms with Gasteiger partial charge in [0.25, 0.3) is 0 Å². The molecule has 3 rings (SSSR count). The molecule has 130 valence electrons. The molecule has 2 heterocycles. The maximum absolute atomic E-state index is 9.07. The number of morpholine rings is 1. The number of nitrogens with zero attached hydrogens (tertiary/aromatic N) is 3. The van der Waals surface area contributed by atoms with E-state index >= 15 is 0 Å². The van der Waals surface area contributed by atoms with E-state index in [1.807, 2.05) is 30.3 Å². The molecule has 2 aromatic rings. The second kappa shape index (κ2) is 8.50. The van der Waals surface area contributed by atoms with E-state index in [2.05, 4.69) is 15.2 Å². The Labute approximate surface area is 157 Å². The van der Waals surface area contributed by atoms with Gasteiger partial charge < -0.3 is 10.1 Å². The Morgan fingerprint density at radius 2 is 1.92 bits per heavy atom. The molecule has 1 atom stereocenters. The Morgan fingerprint density at radius 1 is 1.16 bits per heavy atom. The van der Waals surface area contributed by atoms with E-state index in [4.69, 9.17) is 33.2 Å². The summed E-state index contributed by atoms with van der Waals surface area (Å²) >= 11 is 12.4. The molecule has 0 radical (unpaired) electrons. The summed E-state index contributed by atoms with van der Waals surface area (Å²) in [6.07, 6.45) is 0. The van der Waals surface area contributed by atoms with Crippen LogP contribution in [0.3, 0.4) is 0 Å². The largest absolute Gasteiger partial charge is 0.379 e. The summed E-state index contributed by atoms with van der Waals surface area (Å²) in [5.41, 5.74) is 1.28. The third-order valence-electron chi connectivity index (χ3n) is 4.18. The number of rotatable bonds is 5. The highest BCUT2D eigenvalue weighted by Gasteiger charge is 2.24. The molecule has 0 amide bonds. The lowest BCUT2D eigenvalue weighted by atomic mass is 10.0. The van der Waals surface area contributed by atoms with Gasteiger partial charge in [0.1, 0.15) is 11.9 Å². The van der Waals surface area contributed by atoms with Gasteiger partial charge in [0.05, 0.1) is 24.3 Å². The second-order valence-electron chi connectivity index (χ2n) is 5.71. The van der Waals surface area contributed by atoms with Crippen molar-refractivity contribution in [1.82, 2.24) is 9.88 Å². The summed E-state index contributed by atoms with van der Waals surface area (Å²) in [6, 6.07) is 13.4. The fraction of sp³-hybridized carbons (Fsp3) is 0.333. The Bertz CT molecular complexity index is 772. The number of anilines is 1. The SMILES string of the molecule is N#Cc1nc(NCC(c2ccccc2Cl)N2CCOCC2)ccc1Cl. The van der Waals surface area contributed by atoms with Crippen LogP contribution in [0.1, 0.15) is 17.3 Å². The Kier molecular flexibility index (Phi) is 6.11. The van der Waals surface area contributed by atoms with E-state index in [0.29, 0.717) is 30.6 Å². The average Bonchev–Trinajstić information content (AvgIpc) is 2.65. The zero-order valence-electron chi connectivity index (χ0n) is 13.6. The van der Waals surface area contributed by atoms with Gasteiger partial charge in [-0.05, 0) is 23.8 Å². The fourth-order valence-electron chi connectivity index (χ4n) is 2.89. The molecule has 1 unspecified atom stereocenters. The van der Waals surface area contributed by atoms with Crippen molar-refractivity contribution in [3.8, 4) is 6.07 Å². The molecule has 0 aliphatic carbocycles. The first-order valence-electron chi connectivity index (χ1n) is 8.06. The molecule has 0 bridgehead atoms. The molecule has 0 spiro atoms. The fourth-order valence-corrected chi connectivity index (χ4v) is 3.30. The number of hydrogen-bond acceptors (Lipinski definition) is 5. The number of pyridine rings is 1. The predicted molar refractivity (Wildman–Crippen MR) is 99.0 cm³/mol. The third kappa shape index (κ3) is 4.42. The van der Waals surface area contributed by atoms with E-state index in [1.54, 1.807) is 12.1 Å². The summed E-state index contributed by atoms with van der Waals surface area (Å²) in [5.74, 6) is 0.617. The van der Waals surface area contributed by atoms with E-state index in [9.17, 15) is 0 Å². The smallest absolute Gasteiger partial charge is 0.161 e. The molecule has 1 saturated heterocycles. The first-order valence-corrected chi connectivity index (χ1v) is 8.81. The number of nitrogens with one attached hydrogen (secondary N) is 1. The predicted octanol–water partition coefficient (Wildman–Crippen LogP) is 3.75. The van der Waals surface area contributed by atoms with Gasteiger partial charge in [-0.1, -0.05) is 41.4 Å². The summed E-state index contributed by atoms with van der Waals surface area (Å²) in [4.78, 5) is 6.59. The quantitative estimate of drug-likeness (QED) is 0.860. The lowest BCUT2D eigenvalue weighted by Crippen LogP contribution is -2.41. The van der Waals surface area contributed by atoms with Gasteiger partial charge in [-0.15, -0.1) is 0 Å². The minimum atomic E-state index is 0.0839. The zero-order chi connectivity index (χ0) is 17.6. The monoisotopic (exact) mass is 376 g/mol. The molecule has 1 N–H and O–H groups in total. The number of benzene rings is 1. The highest BCUT2D eigenvalue weighted by atomic mass is 35.5. The summed E-state index contributed by atoms with van der Waals surface area (Å²) in [6.45, 7) is 3.71. The van der Waals surface area contributed by atoms with Gasteiger partial charge in [-0.25, -0.2) is 4.98 Å². The molecule has 1 aliphatic heterocycles. The Morgan fingerprint density at radius 3 is 2.64 bits per heavy atom. The lowest BCUT2D eigenvalue weighted by Gasteiger charge is -2.35. The molecule has 0 saturated carbocycles. The number of aromatic nitrogens is 1. The number of ether oxygens (including phenoxy) is 1. The van der Waals surface area contributed by atoms with E-state index in [0.717, 1.165) is 23.7 Å². The molecule has 7 heteroatoms. The van der Waals surface area contributed by atoms with Crippen LogP contribution in [-0.2, 0) is 4.74 Å². The van der Waals surface area contributed by atoms with Crippen LogP contribution in [0.15, 0.2) is 36.4 Å². The maximum atomic E-state index is 9.07. The minimum Gasteiger partial charge on any atom is -0.379 e. The molecule has 25 heavy (non-hydrogen) atoms. The molecule has 1 aromatic heterocycles. The maximum Gasteiger partial charge on any atom is 0.161 e. The minimum absolute atomic E-state index is 0.0839. The highest BCUT2D eigenvalue weighted by molar-refractivity contribution is 6.31. The molecular formula is C18H18Cl2N4O. The molecular weight excluding hydrogens is 359 g/mol. The molecule has 1 fully saturated rings. The van der Waals surface area contributed by atoms with Crippen molar-refractivity contribution in [2.75, 3.05) is 38.2 Å². The molecule has 1 aliphatic rings. The van der Waals surface area contributed by atoms with Gasteiger partial charge in [0.15, 0.2) is 5.69 Å². The van der Waals surface area contributed by atoms with Gasteiger partial charge >= 0.3 is 0 Å². The zero-order valence-corrected chi connectivity index (χ0v) is 15.1. The van der Waals surface area contributed by atoms with Crippen LogP contribution >= 0.6 is 23.2 Å². The summed E-state index contributed by atoms with van der Waals surface area (Å²) in [7, 11) is 0. The van der Waals surface area contributed by atoms with Crippen molar-refractivity contribution in [2.24, 2.45) is 0 Å². The average molecular weight is 377 g/mol. The van der Waals surface area contributed by atoms with Crippen LogP contribution in [0.2, 0.25) is 10.0 Å². The van der Waals surface area contributed by atoms with Crippen LogP contribution in [0.5, 0.6) is 0 Å². The van der Waals surface area contributed by atoms with Crippen LogP contribution in [0, 0.1) is 11.3 Å². The molecule has 1 aromatic carbocycles.